The van der Waals surface area contributed by atoms with E-state index in [0.29, 0.717) is 0 Å². The highest BCUT2D eigenvalue weighted by atomic mass is 32.1. The maximum absolute atomic E-state index is 5.72. The summed E-state index contributed by atoms with van der Waals surface area (Å²) in [7, 11) is 0. The van der Waals surface area contributed by atoms with Gasteiger partial charge in [-0.1, -0.05) is 6.07 Å². The van der Waals surface area contributed by atoms with Crippen LogP contribution >= 0.6 is 22.7 Å². The highest BCUT2D eigenvalue weighted by molar-refractivity contribution is 7.12. The van der Waals surface area contributed by atoms with Gasteiger partial charge in [-0.2, -0.15) is 0 Å². The Morgan fingerprint density at radius 1 is 1.11 bits per heavy atom. The van der Waals surface area contributed by atoms with Crippen LogP contribution in [0.15, 0.2) is 29.6 Å². The van der Waals surface area contributed by atoms with E-state index in [4.69, 9.17) is 4.74 Å². The zero-order chi connectivity index (χ0) is 12.2. The fourth-order valence-electron chi connectivity index (χ4n) is 1.77. The minimum absolute atomic E-state index is 0.727. The first-order valence-corrected chi connectivity index (χ1v) is 8.01. The van der Waals surface area contributed by atoms with Gasteiger partial charge >= 0.3 is 0 Å². The van der Waals surface area contributed by atoms with E-state index in [0.717, 1.165) is 25.8 Å². The zero-order valence-corrected chi connectivity index (χ0v) is 11.9. The van der Waals surface area contributed by atoms with Crippen molar-refractivity contribution >= 4 is 22.7 Å². The lowest BCUT2D eigenvalue weighted by molar-refractivity contribution is 0.111. The average molecular weight is 279 g/mol. The number of ether oxygens (including phenoxy) is 1. The molecule has 1 aliphatic rings. The van der Waals surface area contributed by atoms with Gasteiger partial charge in [0.05, 0.1) is 13.2 Å². The number of nitrogens with one attached hydrogen (secondary N) is 1. The maximum Gasteiger partial charge on any atom is 0.0814 e. The molecule has 2 heterocycles. The van der Waals surface area contributed by atoms with Crippen molar-refractivity contribution in [1.82, 2.24) is 5.32 Å². The summed E-state index contributed by atoms with van der Waals surface area (Å²) < 4.78 is 5.72. The second-order valence-corrected chi connectivity index (χ2v) is 6.88. The summed E-state index contributed by atoms with van der Waals surface area (Å²) in [6.07, 6.45) is 2.70. The molecule has 0 saturated heterocycles. The summed E-state index contributed by atoms with van der Waals surface area (Å²) in [4.78, 5) is 4.03. The van der Waals surface area contributed by atoms with Gasteiger partial charge in [-0.3, -0.25) is 0 Å². The Morgan fingerprint density at radius 2 is 1.94 bits per heavy atom. The average Bonchev–Trinajstić information content (AvgIpc) is 2.89. The molecule has 96 valence electrons. The van der Waals surface area contributed by atoms with E-state index in [-0.39, 0.29) is 0 Å². The van der Waals surface area contributed by atoms with E-state index in [2.05, 4.69) is 35.0 Å². The van der Waals surface area contributed by atoms with Crippen molar-refractivity contribution in [2.75, 3.05) is 0 Å². The van der Waals surface area contributed by atoms with Crippen molar-refractivity contribution in [3.63, 3.8) is 0 Å². The van der Waals surface area contributed by atoms with Crippen LogP contribution in [0.3, 0.4) is 0 Å². The van der Waals surface area contributed by atoms with Gasteiger partial charge in [0.1, 0.15) is 0 Å². The van der Waals surface area contributed by atoms with Crippen molar-refractivity contribution in [3.05, 3.63) is 44.3 Å². The summed E-state index contributed by atoms with van der Waals surface area (Å²) in [5.41, 5.74) is 0. The Kier molecular flexibility index (Phi) is 4.10. The van der Waals surface area contributed by atoms with Crippen molar-refractivity contribution in [1.29, 1.82) is 0 Å². The molecule has 2 aromatic rings. The van der Waals surface area contributed by atoms with Crippen LogP contribution < -0.4 is 5.32 Å². The smallest absolute Gasteiger partial charge is 0.0814 e. The van der Waals surface area contributed by atoms with Crippen LogP contribution in [0.25, 0.3) is 0 Å². The van der Waals surface area contributed by atoms with Crippen LogP contribution in [0.1, 0.15) is 27.5 Å². The molecule has 3 rings (SSSR count). The van der Waals surface area contributed by atoms with Gasteiger partial charge < -0.3 is 10.1 Å². The molecule has 4 heteroatoms. The molecule has 0 atom stereocenters. The summed E-state index contributed by atoms with van der Waals surface area (Å²) >= 11 is 3.61. The molecule has 1 fully saturated rings. The molecule has 0 bridgehead atoms. The zero-order valence-electron chi connectivity index (χ0n) is 10.2. The summed E-state index contributed by atoms with van der Waals surface area (Å²) in [5, 5.41) is 5.62. The van der Waals surface area contributed by atoms with Crippen molar-refractivity contribution in [2.45, 2.75) is 38.6 Å². The fourth-order valence-corrected chi connectivity index (χ4v) is 3.32. The summed E-state index contributed by atoms with van der Waals surface area (Å²) in [5.74, 6) is 0. The molecule has 0 spiro atoms. The predicted octanol–water partition coefficient (Wildman–Crippen LogP) is 3.78. The van der Waals surface area contributed by atoms with Crippen LogP contribution in [-0.2, 0) is 24.5 Å². The Balaban J connectivity index is 1.41. The van der Waals surface area contributed by atoms with Gasteiger partial charge in [0, 0.05) is 27.2 Å². The largest absolute Gasteiger partial charge is 0.370 e. The van der Waals surface area contributed by atoms with Crippen molar-refractivity contribution < 1.29 is 4.74 Å². The van der Waals surface area contributed by atoms with E-state index < -0.39 is 0 Å². The molecule has 0 amide bonds. The summed E-state index contributed by atoms with van der Waals surface area (Å²) in [6.45, 7) is 2.47. The molecule has 1 N–H and O–H groups in total. The molecule has 0 unspecified atom stereocenters. The minimum atomic E-state index is 0.727. The molecule has 2 nitrogen and oxygen atoms in total. The maximum atomic E-state index is 5.72. The molecule has 0 aromatic carbocycles. The van der Waals surface area contributed by atoms with Gasteiger partial charge in [0.15, 0.2) is 0 Å². The second-order valence-electron chi connectivity index (χ2n) is 4.60. The van der Waals surface area contributed by atoms with Gasteiger partial charge in [0.25, 0.3) is 0 Å². The molecule has 18 heavy (non-hydrogen) atoms. The standard InChI is InChI=1S/C14H17NOS2/c1-2-13(17-7-1)9-16-10-14-6-5-12(18-14)8-15-11-3-4-11/h1-2,5-7,11,15H,3-4,8-10H2. The number of rotatable bonds is 7. The predicted molar refractivity (Wildman–Crippen MR) is 77.0 cm³/mol. The molecule has 0 radical (unpaired) electrons. The van der Waals surface area contributed by atoms with Crippen molar-refractivity contribution in [3.8, 4) is 0 Å². The van der Waals surface area contributed by atoms with Gasteiger partial charge in [-0.25, -0.2) is 0 Å². The number of hydrogen-bond acceptors (Lipinski definition) is 4. The molecular weight excluding hydrogens is 262 g/mol. The molecule has 0 aliphatic heterocycles. The van der Waals surface area contributed by atoms with Gasteiger partial charge in [-0.15, -0.1) is 22.7 Å². The highest BCUT2D eigenvalue weighted by Gasteiger charge is 2.20. The summed E-state index contributed by atoms with van der Waals surface area (Å²) in [6, 6.07) is 9.36. The third kappa shape index (κ3) is 3.65. The van der Waals surface area contributed by atoms with Gasteiger partial charge in [-0.05, 0) is 36.4 Å². The molecular formula is C14H17NOS2. The third-order valence-electron chi connectivity index (χ3n) is 2.93. The molecule has 1 aliphatic carbocycles. The quantitative estimate of drug-likeness (QED) is 0.833. The minimum Gasteiger partial charge on any atom is -0.370 e. The monoisotopic (exact) mass is 279 g/mol. The first kappa shape index (κ1) is 12.4. The van der Waals surface area contributed by atoms with Crippen molar-refractivity contribution in [2.24, 2.45) is 0 Å². The van der Waals surface area contributed by atoms with E-state index in [1.165, 1.54) is 27.5 Å². The lowest BCUT2D eigenvalue weighted by Crippen LogP contribution is -2.14. The van der Waals surface area contributed by atoms with Crippen LogP contribution in [0, 0.1) is 0 Å². The number of thiophene rings is 2. The first-order chi connectivity index (χ1) is 8.90. The SMILES string of the molecule is c1csc(COCc2ccc(CNC3CC3)s2)c1. The van der Waals surface area contributed by atoms with E-state index in [9.17, 15) is 0 Å². The second kappa shape index (κ2) is 5.97. The van der Waals surface area contributed by atoms with Crippen LogP contribution in [0.4, 0.5) is 0 Å². The Morgan fingerprint density at radius 3 is 2.72 bits per heavy atom. The lowest BCUT2D eigenvalue weighted by atomic mass is 10.4. The number of hydrogen-bond donors (Lipinski definition) is 1. The third-order valence-corrected chi connectivity index (χ3v) is 4.84. The van der Waals surface area contributed by atoms with Gasteiger partial charge in [0.2, 0.25) is 0 Å². The van der Waals surface area contributed by atoms with E-state index in [1.54, 1.807) is 11.3 Å². The highest BCUT2D eigenvalue weighted by Crippen LogP contribution is 2.22. The Bertz CT molecular complexity index is 474. The topological polar surface area (TPSA) is 21.3 Å². The molecule has 1 saturated carbocycles. The fraction of sp³-hybridized carbons (Fsp3) is 0.429. The lowest BCUT2D eigenvalue weighted by Gasteiger charge is -2.00. The Labute approximate surface area is 116 Å². The van der Waals surface area contributed by atoms with Crippen LogP contribution in [0.5, 0.6) is 0 Å². The normalized spacial score (nSPS) is 15.1. The van der Waals surface area contributed by atoms with Crippen LogP contribution in [-0.4, -0.2) is 6.04 Å². The Hall–Kier alpha value is -0.680. The molecule has 2 aromatic heterocycles. The van der Waals surface area contributed by atoms with E-state index in [1.807, 2.05) is 11.3 Å². The van der Waals surface area contributed by atoms with E-state index >= 15 is 0 Å². The van der Waals surface area contributed by atoms with Crippen LogP contribution in [0.2, 0.25) is 0 Å². The first-order valence-electron chi connectivity index (χ1n) is 6.31.